The Morgan fingerprint density at radius 2 is 1.34 bits per heavy atom. The Morgan fingerprint density at radius 3 is 1.93 bits per heavy atom. The zero-order valence-electron chi connectivity index (χ0n) is 58.3. The maximum atomic E-state index is 16.5. The van der Waals surface area contributed by atoms with E-state index in [1.54, 1.807) is 26.8 Å². The van der Waals surface area contributed by atoms with E-state index in [2.05, 4.69) is 16.0 Å². The van der Waals surface area contributed by atoms with Crippen molar-refractivity contribution in [2.45, 2.75) is 198 Å². The molecule has 1 aromatic carbocycles. The number of imide groups is 1. The van der Waals surface area contributed by atoms with Crippen molar-refractivity contribution in [2.75, 3.05) is 82.6 Å². The van der Waals surface area contributed by atoms with E-state index in [4.69, 9.17) is 11.6 Å². The molecule has 3 aliphatic heterocycles. The summed E-state index contributed by atoms with van der Waals surface area (Å²) in [5.74, 6) is -10.7. The molecule has 9 atom stereocenters. The Balaban J connectivity index is 1.47. The molecule has 29 heteroatoms. The van der Waals surface area contributed by atoms with E-state index in [0.717, 1.165) is 61.6 Å². The van der Waals surface area contributed by atoms with Crippen LogP contribution in [0.1, 0.15) is 142 Å². The number of allylic oxidation sites excluding steroid dienone is 2. The Morgan fingerprint density at radius 1 is 0.711 bits per heavy atom. The summed E-state index contributed by atoms with van der Waals surface area (Å²) in [6.45, 7) is 6.43. The van der Waals surface area contributed by atoms with E-state index >= 15 is 33.2 Å². The molecule has 6 rings (SSSR count). The first kappa shape index (κ1) is 78.3. The van der Waals surface area contributed by atoms with E-state index in [0.29, 0.717) is 31.3 Å². The molecule has 3 heterocycles. The highest BCUT2D eigenvalue weighted by molar-refractivity contribution is 6.29. The molecular weight excluding hydrogens is 1290 g/mol. The lowest BCUT2D eigenvalue weighted by Gasteiger charge is -2.42. The van der Waals surface area contributed by atoms with Crippen molar-refractivity contribution >= 4 is 82.6 Å². The van der Waals surface area contributed by atoms with Gasteiger partial charge >= 0.3 is 12.2 Å². The number of carbonyl (C=O) groups is 12. The van der Waals surface area contributed by atoms with Gasteiger partial charge in [0.2, 0.25) is 59.1 Å². The number of nitrogens with zero attached hydrogens (tertiary/aromatic N) is 9. The monoisotopic (exact) mass is 1390 g/mol. The minimum atomic E-state index is -4.73. The summed E-state index contributed by atoms with van der Waals surface area (Å²) in [6, 6.07) is -7.09. The van der Waals surface area contributed by atoms with Crippen molar-refractivity contribution in [3.8, 4) is 0 Å². The highest BCUT2D eigenvalue weighted by atomic mass is 35.5. The topological polar surface area (TPSA) is 270 Å². The second kappa shape index (κ2) is 33.7. The van der Waals surface area contributed by atoms with Crippen molar-refractivity contribution in [3.63, 3.8) is 0 Å². The van der Waals surface area contributed by atoms with E-state index in [1.807, 2.05) is 0 Å². The SMILES string of the molecule is C/C1=C/CCN2C(=O)[C@H](C1)N(C)C(=O)CN(C)C(=O)NC(=O)[C@H](CC(C)C)N(C)C(=O)C[C@@H](C(=O)N(C)C)N(C)C(=O)[C@H](C1CCCC1)N(C)C(=O)C1(CCCC1)NC(=O)[C@@H]1CCCN1C(=O)[C@@H]([C@H](C)C(F)C/C=C(\C)Cl)NC(=O)CN(C)C(=O)C2Cc1ccc(C(F)(F)F)cc1. The standard InChI is InChI=1S/C68H99ClF4N12O12/c1-40(2)34-49-58(89)75-66(97)79(9)39-55(88)81(11)50-35-41(3)20-18-32-85(62(50)93)52(36-44-25-27-46(28-26-44)68(71,72)73)61(92)78(8)38-53(86)74-56(43(5)47(70)29-24-42(4)69)63(94)84-33-19-23-48(84)59(90)76-67(30-16-17-31-67)65(96)83(13)57(45-21-14-15-22-45)64(95)82(12)51(60(91)77(6)7)37-54(87)80(49)10/h20,24-28,40,43,45,47-52,56-57H,14-19,21-23,29-39H2,1-13H3,(H,74,86)(H,76,90)(H,75,89,97)/b41-20-,42-24+/t43-,47?,48+,49+,50+,51+,52?,56-,57+/m1/s1. The van der Waals surface area contributed by atoms with E-state index in [1.165, 1.54) is 95.9 Å². The zero-order valence-corrected chi connectivity index (χ0v) is 59.0. The molecule has 13 amide bonds. The molecule has 2 saturated heterocycles. The number of carbonyl (C=O) groups excluding carboxylic acids is 12. The maximum absolute atomic E-state index is 16.5. The van der Waals surface area contributed by atoms with Crippen LogP contribution in [-0.2, 0) is 65.3 Å². The van der Waals surface area contributed by atoms with E-state index in [-0.39, 0.29) is 81.0 Å². The van der Waals surface area contributed by atoms with Crippen LogP contribution in [-0.4, -0.2) is 252 Å². The summed E-state index contributed by atoms with van der Waals surface area (Å²) in [6.07, 6.45) is -0.551. The first-order valence-electron chi connectivity index (χ1n) is 33.5. The Labute approximate surface area is 571 Å². The Bertz CT molecular complexity index is 3150. The molecule has 2 aliphatic carbocycles. The van der Waals surface area contributed by atoms with Crippen LogP contribution in [0.5, 0.6) is 0 Å². The molecule has 1 aromatic rings. The molecule has 0 aromatic heterocycles. The maximum Gasteiger partial charge on any atom is 0.416 e. The van der Waals surface area contributed by atoms with Gasteiger partial charge in [-0.05, 0) is 108 Å². The van der Waals surface area contributed by atoms with Crippen molar-refractivity contribution in [1.82, 2.24) is 60.0 Å². The third kappa shape index (κ3) is 19.4. The minimum absolute atomic E-state index is 0.00281. The summed E-state index contributed by atoms with van der Waals surface area (Å²) in [5, 5.41) is 8.17. The summed E-state index contributed by atoms with van der Waals surface area (Å²) in [4.78, 5) is 188. The third-order valence-electron chi connectivity index (χ3n) is 19.9. The smallest absolute Gasteiger partial charge is 0.347 e. The largest absolute Gasteiger partial charge is 0.416 e. The Hall–Kier alpha value is -7.65. The molecule has 5 aliphatic rings. The zero-order chi connectivity index (χ0) is 72.3. The van der Waals surface area contributed by atoms with Crippen LogP contribution in [0.4, 0.5) is 22.4 Å². The molecule has 2 bridgehead atoms. The highest BCUT2D eigenvalue weighted by Crippen LogP contribution is 2.38. The highest BCUT2D eigenvalue weighted by Gasteiger charge is 2.52. The number of halogens is 5. The van der Waals surface area contributed by atoms with Gasteiger partial charge < -0.3 is 54.7 Å². The minimum Gasteiger partial charge on any atom is -0.347 e. The van der Waals surface area contributed by atoms with Gasteiger partial charge in [-0.15, -0.1) is 0 Å². The fraction of sp³-hybridized carbons (Fsp3) is 0.676. The van der Waals surface area contributed by atoms with Crippen LogP contribution in [0, 0.1) is 17.8 Å². The van der Waals surface area contributed by atoms with E-state index in [9.17, 15) is 41.9 Å². The lowest BCUT2D eigenvalue weighted by atomic mass is 9.90. The number of rotatable bonds is 10. The number of hydrogen-bond acceptors (Lipinski definition) is 12. The molecule has 0 radical (unpaired) electrons. The van der Waals surface area contributed by atoms with Crippen LogP contribution >= 0.6 is 11.6 Å². The number of alkyl halides is 4. The first-order chi connectivity index (χ1) is 45.4. The van der Waals surface area contributed by atoms with Crippen molar-refractivity contribution < 1.29 is 75.1 Å². The summed E-state index contributed by atoms with van der Waals surface area (Å²) in [5.41, 5.74) is -1.76. The second-order valence-electron chi connectivity index (χ2n) is 27.7. The van der Waals surface area contributed by atoms with Crippen molar-refractivity contribution in [2.24, 2.45) is 17.8 Å². The van der Waals surface area contributed by atoms with Crippen LogP contribution in [0.15, 0.2) is 47.0 Å². The van der Waals surface area contributed by atoms with Gasteiger partial charge in [0, 0.05) is 86.8 Å². The number of benzene rings is 1. The predicted molar refractivity (Wildman–Crippen MR) is 353 cm³/mol. The molecule has 3 N–H and O–H groups in total. The molecule has 538 valence electrons. The van der Waals surface area contributed by atoms with Gasteiger partial charge in [-0.2, -0.15) is 13.2 Å². The molecule has 4 fully saturated rings. The summed E-state index contributed by atoms with van der Waals surface area (Å²) >= 11 is 6.12. The number of fused-ring (bicyclic) bond motifs is 3. The van der Waals surface area contributed by atoms with Gasteiger partial charge in [0.05, 0.1) is 18.5 Å². The lowest BCUT2D eigenvalue weighted by Crippen LogP contribution is -2.65. The fourth-order valence-corrected chi connectivity index (χ4v) is 14.1. The summed E-state index contributed by atoms with van der Waals surface area (Å²) < 4.78 is 58.2. The Kier molecular flexibility index (Phi) is 27.3. The number of amides is 13. The quantitative estimate of drug-likeness (QED) is 0.200. The van der Waals surface area contributed by atoms with Gasteiger partial charge in [0.25, 0.3) is 5.91 Å². The molecule has 97 heavy (non-hydrogen) atoms. The van der Waals surface area contributed by atoms with Gasteiger partial charge in [0.15, 0.2) is 0 Å². The predicted octanol–water partition coefficient (Wildman–Crippen LogP) is 5.26. The molecule has 2 saturated carbocycles. The molecular formula is C68H99ClF4N12O12. The summed E-state index contributed by atoms with van der Waals surface area (Å²) in [7, 11) is 10.8. The van der Waals surface area contributed by atoms with Gasteiger partial charge in [-0.3, -0.25) is 58.1 Å². The normalized spacial score (nSPS) is 26.8. The third-order valence-corrected chi connectivity index (χ3v) is 20.0. The first-order valence-corrected chi connectivity index (χ1v) is 33.9. The van der Waals surface area contributed by atoms with Gasteiger partial charge in [0.1, 0.15) is 60.5 Å². The van der Waals surface area contributed by atoms with Crippen molar-refractivity contribution in [1.29, 1.82) is 0 Å². The number of nitrogens with one attached hydrogen (secondary N) is 3. The van der Waals surface area contributed by atoms with Crippen LogP contribution in [0.2, 0.25) is 0 Å². The second-order valence-corrected chi connectivity index (χ2v) is 28.3. The molecule has 1 spiro atoms. The van der Waals surface area contributed by atoms with Crippen molar-refractivity contribution in [3.05, 3.63) is 58.1 Å². The molecule has 2 unspecified atom stereocenters. The fourth-order valence-electron chi connectivity index (χ4n) is 14.0. The lowest BCUT2D eigenvalue weighted by molar-refractivity contribution is -0.156. The van der Waals surface area contributed by atoms with Gasteiger partial charge in [-0.25, -0.2) is 9.18 Å². The average molecular weight is 1390 g/mol. The molecule has 24 nitrogen and oxygen atoms in total. The number of hydrogen-bond donors (Lipinski definition) is 3. The van der Waals surface area contributed by atoms with E-state index < -0.39 is 175 Å². The van der Waals surface area contributed by atoms with Crippen LogP contribution < -0.4 is 16.0 Å². The average Bonchev–Trinajstić information content (AvgIpc) is 1.75. The van der Waals surface area contributed by atoms with Gasteiger partial charge in [-0.1, -0.05) is 87.9 Å². The number of likely N-dealkylation sites (N-methyl/N-ethyl adjacent to an activating group) is 7. The van der Waals surface area contributed by atoms with Crippen LogP contribution in [0.3, 0.4) is 0 Å². The number of urea groups is 1. The van der Waals surface area contributed by atoms with Crippen LogP contribution in [0.25, 0.3) is 0 Å².